The molecule has 0 aliphatic carbocycles. The molecule has 0 aliphatic heterocycles. The average molecular weight is 308 g/mol. The maximum Gasteiger partial charge on any atom is 0.195 e. The SMILES string of the molecule is COc1ccc2c(c1)sc1nc(-c3ccc(C)c(C)c3)cn12. The summed E-state index contributed by atoms with van der Waals surface area (Å²) in [6.45, 7) is 4.27. The first-order valence-corrected chi connectivity index (χ1v) is 8.00. The molecular weight excluding hydrogens is 292 g/mol. The van der Waals surface area contributed by atoms with E-state index in [2.05, 4.69) is 54.8 Å². The molecule has 0 radical (unpaired) electrons. The van der Waals surface area contributed by atoms with Gasteiger partial charge in [0.1, 0.15) is 5.75 Å². The highest BCUT2D eigenvalue weighted by Gasteiger charge is 2.11. The predicted octanol–water partition coefficient (Wildman–Crippen LogP) is 4.84. The monoisotopic (exact) mass is 308 g/mol. The Hall–Kier alpha value is -2.33. The van der Waals surface area contributed by atoms with Crippen LogP contribution in [0, 0.1) is 13.8 Å². The Morgan fingerprint density at radius 2 is 1.91 bits per heavy atom. The Morgan fingerprint density at radius 1 is 1.05 bits per heavy atom. The van der Waals surface area contributed by atoms with Gasteiger partial charge in [-0.1, -0.05) is 23.5 Å². The van der Waals surface area contributed by atoms with Crippen LogP contribution in [0.4, 0.5) is 0 Å². The first-order chi connectivity index (χ1) is 10.7. The highest BCUT2D eigenvalue weighted by atomic mass is 32.1. The van der Waals surface area contributed by atoms with Gasteiger partial charge in [0.25, 0.3) is 0 Å². The van der Waals surface area contributed by atoms with Gasteiger partial charge in [0.2, 0.25) is 0 Å². The first kappa shape index (κ1) is 13.3. The summed E-state index contributed by atoms with van der Waals surface area (Å²) in [5.74, 6) is 0.881. The second kappa shape index (κ2) is 4.85. The van der Waals surface area contributed by atoms with Gasteiger partial charge in [-0.3, -0.25) is 4.40 Å². The van der Waals surface area contributed by atoms with Gasteiger partial charge in [-0.2, -0.15) is 0 Å². The smallest absolute Gasteiger partial charge is 0.195 e. The van der Waals surface area contributed by atoms with Crippen LogP contribution in [0.1, 0.15) is 11.1 Å². The third-order valence-electron chi connectivity index (χ3n) is 4.10. The minimum absolute atomic E-state index is 0.881. The number of aryl methyl sites for hydroxylation is 2. The van der Waals surface area contributed by atoms with E-state index in [1.165, 1.54) is 26.9 Å². The molecule has 4 heteroatoms. The molecule has 0 fully saturated rings. The molecule has 0 N–H and O–H groups in total. The molecule has 3 nitrogen and oxygen atoms in total. The summed E-state index contributed by atoms with van der Waals surface area (Å²) in [5.41, 5.74) is 5.96. The highest BCUT2D eigenvalue weighted by Crippen LogP contribution is 2.32. The zero-order valence-electron chi connectivity index (χ0n) is 12.8. The van der Waals surface area contributed by atoms with Crippen molar-refractivity contribution in [3.8, 4) is 17.0 Å². The quantitative estimate of drug-likeness (QED) is 0.529. The number of benzene rings is 2. The second-order valence-electron chi connectivity index (χ2n) is 5.51. The zero-order chi connectivity index (χ0) is 15.3. The molecule has 0 atom stereocenters. The van der Waals surface area contributed by atoms with Crippen LogP contribution in [-0.4, -0.2) is 16.5 Å². The van der Waals surface area contributed by atoms with E-state index >= 15 is 0 Å². The summed E-state index contributed by atoms with van der Waals surface area (Å²) in [7, 11) is 1.69. The Kier molecular flexibility index (Phi) is 2.94. The van der Waals surface area contributed by atoms with Crippen molar-refractivity contribution >= 4 is 26.5 Å². The van der Waals surface area contributed by atoms with Crippen molar-refractivity contribution in [2.24, 2.45) is 0 Å². The number of methoxy groups -OCH3 is 1. The minimum atomic E-state index is 0.881. The molecule has 0 unspecified atom stereocenters. The minimum Gasteiger partial charge on any atom is -0.497 e. The third-order valence-corrected chi connectivity index (χ3v) is 5.12. The van der Waals surface area contributed by atoms with E-state index in [-0.39, 0.29) is 0 Å². The lowest BCUT2D eigenvalue weighted by atomic mass is 10.1. The molecule has 0 amide bonds. The van der Waals surface area contributed by atoms with Gasteiger partial charge >= 0.3 is 0 Å². The third kappa shape index (κ3) is 1.99. The Bertz CT molecular complexity index is 997. The number of fused-ring (bicyclic) bond motifs is 3. The lowest BCUT2D eigenvalue weighted by molar-refractivity contribution is 0.415. The number of aromatic nitrogens is 2. The normalized spacial score (nSPS) is 11.4. The zero-order valence-corrected chi connectivity index (χ0v) is 13.6. The molecule has 0 spiro atoms. The molecule has 0 saturated carbocycles. The number of imidazole rings is 1. The van der Waals surface area contributed by atoms with Crippen molar-refractivity contribution in [2.45, 2.75) is 13.8 Å². The summed E-state index contributed by atoms with van der Waals surface area (Å²) >= 11 is 1.69. The Balaban J connectivity index is 1.88. The molecule has 0 aliphatic rings. The van der Waals surface area contributed by atoms with Gasteiger partial charge in [0.15, 0.2) is 4.96 Å². The van der Waals surface area contributed by atoms with Crippen LogP contribution in [0.5, 0.6) is 5.75 Å². The van der Waals surface area contributed by atoms with Crippen molar-refractivity contribution in [2.75, 3.05) is 7.11 Å². The molecule has 4 aromatic rings. The van der Waals surface area contributed by atoms with Gasteiger partial charge in [0.05, 0.1) is 23.0 Å². The number of thiazole rings is 1. The van der Waals surface area contributed by atoms with E-state index < -0.39 is 0 Å². The maximum atomic E-state index is 5.29. The highest BCUT2D eigenvalue weighted by molar-refractivity contribution is 7.23. The van der Waals surface area contributed by atoms with E-state index in [4.69, 9.17) is 9.72 Å². The Morgan fingerprint density at radius 3 is 2.68 bits per heavy atom. The van der Waals surface area contributed by atoms with Gasteiger partial charge in [-0.05, 0) is 49.2 Å². The summed E-state index contributed by atoms with van der Waals surface area (Å²) in [6.07, 6.45) is 2.12. The van der Waals surface area contributed by atoms with Crippen molar-refractivity contribution < 1.29 is 4.74 Å². The second-order valence-corrected chi connectivity index (χ2v) is 6.52. The number of rotatable bonds is 2. The van der Waals surface area contributed by atoms with E-state index in [1.54, 1.807) is 18.4 Å². The molecule has 0 bridgehead atoms. The fourth-order valence-corrected chi connectivity index (χ4v) is 3.68. The molecule has 2 heterocycles. The summed E-state index contributed by atoms with van der Waals surface area (Å²) < 4.78 is 8.63. The Labute approximate surface area is 132 Å². The van der Waals surface area contributed by atoms with E-state index in [1.807, 2.05) is 6.07 Å². The van der Waals surface area contributed by atoms with Crippen molar-refractivity contribution in [3.63, 3.8) is 0 Å². The summed E-state index contributed by atoms with van der Waals surface area (Å²) in [4.78, 5) is 5.80. The lowest BCUT2D eigenvalue weighted by Gasteiger charge is -2.02. The number of hydrogen-bond acceptors (Lipinski definition) is 3. The topological polar surface area (TPSA) is 26.5 Å². The van der Waals surface area contributed by atoms with Crippen molar-refractivity contribution in [1.82, 2.24) is 9.38 Å². The van der Waals surface area contributed by atoms with Gasteiger partial charge in [0, 0.05) is 11.8 Å². The number of hydrogen-bond donors (Lipinski definition) is 0. The average Bonchev–Trinajstić information content (AvgIpc) is 3.06. The summed E-state index contributed by atoms with van der Waals surface area (Å²) in [5, 5.41) is 0. The molecule has 4 rings (SSSR count). The first-order valence-electron chi connectivity index (χ1n) is 7.19. The van der Waals surface area contributed by atoms with Crippen LogP contribution in [0.15, 0.2) is 42.6 Å². The molecule has 22 heavy (non-hydrogen) atoms. The van der Waals surface area contributed by atoms with Gasteiger partial charge in [-0.15, -0.1) is 0 Å². The molecular formula is C18H16N2OS. The standard InChI is InChI=1S/C18H16N2OS/c1-11-4-5-13(8-12(11)2)15-10-20-16-7-6-14(21-3)9-17(16)22-18(20)19-15/h4-10H,1-3H3. The fourth-order valence-electron chi connectivity index (χ4n) is 2.65. The lowest BCUT2D eigenvalue weighted by Crippen LogP contribution is -1.84. The largest absolute Gasteiger partial charge is 0.497 e. The fraction of sp³-hybridized carbons (Fsp3) is 0.167. The molecule has 0 saturated heterocycles. The molecule has 110 valence electrons. The van der Waals surface area contributed by atoms with Crippen LogP contribution in [0.2, 0.25) is 0 Å². The van der Waals surface area contributed by atoms with E-state index in [9.17, 15) is 0 Å². The molecule has 2 aromatic heterocycles. The summed E-state index contributed by atoms with van der Waals surface area (Å²) in [6, 6.07) is 12.6. The van der Waals surface area contributed by atoms with Crippen LogP contribution in [0.3, 0.4) is 0 Å². The van der Waals surface area contributed by atoms with E-state index in [0.29, 0.717) is 0 Å². The van der Waals surface area contributed by atoms with Crippen LogP contribution < -0.4 is 4.74 Å². The van der Waals surface area contributed by atoms with Crippen molar-refractivity contribution in [1.29, 1.82) is 0 Å². The van der Waals surface area contributed by atoms with Crippen molar-refractivity contribution in [3.05, 3.63) is 53.7 Å². The predicted molar refractivity (Wildman–Crippen MR) is 92.0 cm³/mol. The van der Waals surface area contributed by atoms with Gasteiger partial charge < -0.3 is 4.74 Å². The van der Waals surface area contributed by atoms with Crippen LogP contribution in [-0.2, 0) is 0 Å². The van der Waals surface area contributed by atoms with E-state index in [0.717, 1.165) is 16.4 Å². The van der Waals surface area contributed by atoms with Gasteiger partial charge in [-0.25, -0.2) is 4.98 Å². The molecule has 2 aromatic carbocycles. The number of ether oxygens (including phenoxy) is 1. The van der Waals surface area contributed by atoms with Crippen LogP contribution >= 0.6 is 11.3 Å². The van der Waals surface area contributed by atoms with Crippen LogP contribution in [0.25, 0.3) is 26.4 Å². The maximum absolute atomic E-state index is 5.29. The number of nitrogens with zero attached hydrogens (tertiary/aromatic N) is 2.